The molecule has 25 heavy (non-hydrogen) atoms. The molecule has 0 N–H and O–H groups in total. The number of phosphoric acid groups is 1. The van der Waals surface area contributed by atoms with Gasteiger partial charge >= 0.3 is 7.82 Å². The predicted molar refractivity (Wildman–Crippen MR) is 111 cm³/mol. The Morgan fingerprint density at radius 1 is 0.640 bits per heavy atom. The van der Waals surface area contributed by atoms with Crippen molar-refractivity contribution in [2.75, 3.05) is 19.8 Å². The van der Waals surface area contributed by atoms with Gasteiger partial charge in [-0.05, 0) is 18.9 Å². The molecule has 0 rings (SSSR count). The minimum absolute atomic E-state index is 0.445. The maximum absolute atomic E-state index is 12.8. The Morgan fingerprint density at radius 3 is 1.44 bits per heavy atom. The van der Waals surface area contributed by atoms with Gasteiger partial charge in [-0.25, -0.2) is 4.57 Å². The summed E-state index contributed by atoms with van der Waals surface area (Å²) in [6.45, 7) is 12.6. The number of hydrogen-bond acceptors (Lipinski definition) is 4. The molecule has 0 fully saturated rings. The summed E-state index contributed by atoms with van der Waals surface area (Å²) in [7, 11) is -4.72. The van der Waals surface area contributed by atoms with Gasteiger partial charge in [-0.1, -0.05) is 84.9 Å². The van der Waals surface area contributed by atoms with Gasteiger partial charge in [0, 0.05) is 0 Å². The van der Waals surface area contributed by atoms with Crippen LogP contribution in [0.1, 0.15) is 79.1 Å². The first kappa shape index (κ1) is 25.3. The van der Waals surface area contributed by atoms with Gasteiger partial charge in [-0.3, -0.25) is 13.6 Å². The van der Waals surface area contributed by atoms with Crippen LogP contribution in [-0.4, -0.2) is 27.9 Å². The molecule has 0 saturated carbocycles. The van der Waals surface area contributed by atoms with Crippen molar-refractivity contribution in [2.24, 2.45) is 0 Å². The highest BCUT2D eigenvalue weighted by atomic mass is 31.2. The summed E-state index contributed by atoms with van der Waals surface area (Å²) in [5.74, 6) is 0. The number of unbranched alkanes of at least 4 members (excludes halogenated alkanes) is 4. The topological polar surface area (TPSA) is 44.8 Å². The summed E-state index contributed by atoms with van der Waals surface area (Å²) in [6, 6.07) is 3.72. The fourth-order valence-electron chi connectivity index (χ4n) is 2.74. The zero-order valence-electron chi connectivity index (χ0n) is 17.5. The molecule has 0 aromatic carbocycles. The van der Waals surface area contributed by atoms with Gasteiger partial charge in [0.15, 0.2) is 0 Å². The summed E-state index contributed by atoms with van der Waals surface area (Å²) >= 11 is 0. The predicted octanol–water partition coefficient (Wildman–Crippen LogP) is 7.42. The Kier molecular flexibility index (Phi) is 15.6. The van der Waals surface area contributed by atoms with Crippen molar-refractivity contribution in [2.45, 2.75) is 104 Å². The van der Waals surface area contributed by atoms with Crippen molar-refractivity contribution in [1.82, 2.24) is 0 Å². The lowest BCUT2D eigenvalue weighted by atomic mass is 10.4. The normalized spacial score (nSPS) is 12.7. The highest BCUT2D eigenvalue weighted by molar-refractivity contribution is 7.48. The third kappa shape index (κ3) is 13.2. The molecule has 0 aromatic rings. The molecular formula is C19H43O4PSi. The van der Waals surface area contributed by atoms with Gasteiger partial charge in [0.1, 0.15) is 0 Å². The Balaban J connectivity index is 4.56. The highest BCUT2D eigenvalue weighted by Gasteiger charge is 2.30. The number of phosphoric ester groups is 1. The third-order valence-corrected chi connectivity index (χ3v) is 10.7. The Labute approximate surface area is 158 Å². The molecule has 4 nitrogen and oxygen atoms in total. The van der Waals surface area contributed by atoms with Crippen LogP contribution in [0.5, 0.6) is 0 Å². The minimum Gasteiger partial charge on any atom is -0.287 e. The molecule has 0 spiro atoms. The van der Waals surface area contributed by atoms with E-state index in [9.17, 15) is 4.57 Å². The van der Waals surface area contributed by atoms with Crippen molar-refractivity contribution in [3.8, 4) is 0 Å². The van der Waals surface area contributed by atoms with E-state index >= 15 is 0 Å². The van der Waals surface area contributed by atoms with Crippen LogP contribution in [0.4, 0.5) is 0 Å². The number of hydrogen-bond donors (Lipinski definition) is 0. The van der Waals surface area contributed by atoms with Crippen molar-refractivity contribution in [3.63, 3.8) is 0 Å². The third-order valence-electron chi connectivity index (χ3n) is 4.72. The summed E-state index contributed by atoms with van der Waals surface area (Å²) in [4.78, 5) is 0. The maximum atomic E-state index is 12.8. The zero-order valence-corrected chi connectivity index (χ0v) is 19.4. The lowest BCUT2D eigenvalue weighted by Gasteiger charge is -2.28. The van der Waals surface area contributed by atoms with Crippen LogP contribution in [0.25, 0.3) is 0 Å². The molecule has 0 aliphatic rings. The molecule has 0 atom stereocenters. The zero-order chi connectivity index (χ0) is 19.0. The van der Waals surface area contributed by atoms with Gasteiger partial charge < -0.3 is 0 Å². The summed E-state index contributed by atoms with van der Waals surface area (Å²) < 4.78 is 29.6. The standard InChI is InChI=1S/C19H43O4PSi/c1-6-10-14-21-24(20,22-15-11-7-2)23-16-19-25(5,17-12-8-3)18-13-9-4/h6-19H2,1-5H3. The van der Waals surface area contributed by atoms with Crippen LogP contribution >= 0.6 is 7.82 Å². The quantitative estimate of drug-likeness (QED) is 0.138. The SMILES string of the molecule is CCCCOP(=O)(OCCCC)OCC[Si](C)(CCCC)CCCC. The van der Waals surface area contributed by atoms with Gasteiger partial charge in [-0.2, -0.15) is 0 Å². The number of rotatable bonds is 18. The van der Waals surface area contributed by atoms with Crippen molar-refractivity contribution >= 4 is 15.9 Å². The molecule has 0 heterocycles. The van der Waals surface area contributed by atoms with E-state index in [1.807, 2.05) is 0 Å². The smallest absolute Gasteiger partial charge is 0.287 e. The van der Waals surface area contributed by atoms with Gasteiger partial charge in [0.25, 0.3) is 0 Å². The fraction of sp³-hybridized carbons (Fsp3) is 1.00. The lowest BCUT2D eigenvalue weighted by molar-refractivity contribution is 0.114. The average molecular weight is 395 g/mol. The van der Waals surface area contributed by atoms with Crippen LogP contribution < -0.4 is 0 Å². The first-order valence-corrected chi connectivity index (χ1v) is 15.1. The van der Waals surface area contributed by atoms with Crippen molar-refractivity contribution in [1.29, 1.82) is 0 Å². The molecule has 0 bridgehead atoms. The Hall–Kier alpha value is 0.327. The van der Waals surface area contributed by atoms with Gasteiger partial charge in [-0.15, -0.1) is 0 Å². The second-order valence-electron chi connectivity index (χ2n) is 7.42. The molecule has 6 heteroatoms. The summed E-state index contributed by atoms with van der Waals surface area (Å²) in [5, 5.41) is 0. The Bertz CT molecular complexity index is 330. The molecule has 152 valence electrons. The van der Waals surface area contributed by atoms with E-state index in [2.05, 4.69) is 34.2 Å². The molecule has 0 radical (unpaired) electrons. The van der Waals surface area contributed by atoms with Crippen molar-refractivity contribution in [3.05, 3.63) is 0 Å². The monoisotopic (exact) mass is 394 g/mol. The summed E-state index contributed by atoms with van der Waals surface area (Å²) in [5.41, 5.74) is 0. The van der Waals surface area contributed by atoms with Crippen LogP contribution in [0.2, 0.25) is 24.7 Å². The Morgan fingerprint density at radius 2 is 1.04 bits per heavy atom. The van der Waals surface area contributed by atoms with Crippen LogP contribution in [-0.2, 0) is 18.1 Å². The van der Waals surface area contributed by atoms with E-state index in [1.54, 1.807) is 0 Å². The minimum atomic E-state index is -3.39. The van der Waals surface area contributed by atoms with Crippen LogP contribution in [0, 0.1) is 0 Å². The first-order chi connectivity index (χ1) is 11.9. The first-order valence-electron chi connectivity index (χ1n) is 10.5. The maximum Gasteiger partial charge on any atom is 0.474 e. The van der Waals surface area contributed by atoms with E-state index in [0.717, 1.165) is 31.7 Å². The molecule has 0 saturated heterocycles. The van der Waals surface area contributed by atoms with Gasteiger partial charge in [0.05, 0.1) is 27.9 Å². The fourth-order valence-corrected chi connectivity index (χ4v) is 7.91. The van der Waals surface area contributed by atoms with E-state index < -0.39 is 15.9 Å². The van der Waals surface area contributed by atoms with Crippen LogP contribution in [0.3, 0.4) is 0 Å². The molecule has 0 aromatic heterocycles. The van der Waals surface area contributed by atoms with E-state index in [-0.39, 0.29) is 0 Å². The second-order valence-corrected chi connectivity index (χ2v) is 14.2. The average Bonchev–Trinajstić information content (AvgIpc) is 2.59. The molecule has 0 unspecified atom stereocenters. The van der Waals surface area contributed by atoms with E-state index in [1.165, 1.54) is 37.8 Å². The molecule has 0 aliphatic carbocycles. The van der Waals surface area contributed by atoms with E-state index in [0.29, 0.717) is 19.8 Å². The van der Waals surface area contributed by atoms with Crippen molar-refractivity contribution < 1.29 is 18.1 Å². The highest BCUT2D eigenvalue weighted by Crippen LogP contribution is 2.50. The second kappa shape index (κ2) is 15.4. The van der Waals surface area contributed by atoms with E-state index in [4.69, 9.17) is 13.6 Å². The molecule has 0 amide bonds. The molecular weight excluding hydrogens is 351 g/mol. The largest absolute Gasteiger partial charge is 0.474 e. The van der Waals surface area contributed by atoms with Gasteiger partial charge in [0.2, 0.25) is 0 Å². The summed E-state index contributed by atoms with van der Waals surface area (Å²) in [6.07, 6.45) is 8.85. The molecule has 0 aliphatic heterocycles. The van der Waals surface area contributed by atoms with Crippen LogP contribution in [0.15, 0.2) is 0 Å². The lowest BCUT2D eigenvalue weighted by Crippen LogP contribution is -2.31.